The summed E-state index contributed by atoms with van der Waals surface area (Å²) in [4.78, 5) is 7.87. The van der Waals surface area contributed by atoms with Gasteiger partial charge in [0, 0.05) is 18.2 Å². The molecule has 124 valence electrons. The monoisotopic (exact) mass is 321 g/mol. The van der Waals surface area contributed by atoms with E-state index in [1.807, 2.05) is 0 Å². The highest BCUT2D eigenvalue weighted by atomic mass is 18.2. The Morgan fingerprint density at radius 2 is 1.78 bits per heavy atom. The van der Waals surface area contributed by atoms with E-state index in [0.717, 1.165) is 11.1 Å². The molecular weight excluding hydrogens is 302 g/mol. The first-order valence-corrected chi connectivity index (χ1v) is 6.89. The summed E-state index contributed by atoms with van der Waals surface area (Å²) in [6.07, 6.45) is 2.03. The third-order valence-corrected chi connectivity index (χ3v) is 3.16. The highest BCUT2D eigenvalue weighted by molar-refractivity contribution is 5.55. The minimum absolute atomic E-state index is 0.0786. The van der Waals surface area contributed by atoms with Gasteiger partial charge in [-0.05, 0) is 17.7 Å². The topological polar surface area (TPSA) is 106 Å². The molecule has 0 unspecified atom stereocenters. The molecule has 4 N–H and O–H groups in total. The van der Waals surface area contributed by atoms with Crippen molar-refractivity contribution in [3.8, 4) is 17.2 Å². The first-order valence-electron chi connectivity index (χ1n) is 6.89. The van der Waals surface area contributed by atoms with Gasteiger partial charge in [-0.15, -0.1) is 0 Å². The van der Waals surface area contributed by atoms with Gasteiger partial charge in [-0.25, -0.2) is 9.37 Å². The number of rotatable bonds is 7. The molecule has 0 aliphatic rings. The second kappa shape index (κ2) is 7.48. The maximum absolute atomic E-state index is 12.3. The van der Waals surface area contributed by atoms with Crippen molar-refractivity contribution in [2.45, 2.75) is 6.42 Å². The maximum Gasteiger partial charge on any atom is 0.221 e. The minimum atomic E-state index is -0.604. The molecule has 0 fully saturated rings. The summed E-state index contributed by atoms with van der Waals surface area (Å²) in [7, 11) is 3.00. The van der Waals surface area contributed by atoms with E-state index >= 15 is 0 Å². The van der Waals surface area contributed by atoms with E-state index in [1.54, 1.807) is 18.3 Å². The number of halogens is 1. The third kappa shape index (κ3) is 3.91. The van der Waals surface area contributed by atoms with E-state index in [1.165, 1.54) is 14.2 Å². The van der Waals surface area contributed by atoms with Gasteiger partial charge in [0.2, 0.25) is 11.7 Å². The van der Waals surface area contributed by atoms with Crippen molar-refractivity contribution in [3.63, 3.8) is 0 Å². The number of benzene rings is 1. The number of nitrogens with two attached hydrogens (primary N) is 2. The minimum Gasteiger partial charge on any atom is -0.493 e. The zero-order valence-corrected chi connectivity index (χ0v) is 13.0. The number of anilines is 2. The van der Waals surface area contributed by atoms with Crippen LogP contribution in [-0.2, 0) is 6.42 Å². The van der Waals surface area contributed by atoms with Crippen LogP contribution in [0.25, 0.3) is 0 Å². The number of methoxy groups -OCH3 is 2. The summed E-state index contributed by atoms with van der Waals surface area (Å²) in [5.41, 5.74) is 12.9. The number of ether oxygens (including phenoxy) is 3. The van der Waals surface area contributed by atoms with Gasteiger partial charge in [-0.2, -0.15) is 4.98 Å². The quantitative estimate of drug-likeness (QED) is 0.797. The van der Waals surface area contributed by atoms with Crippen molar-refractivity contribution in [3.05, 3.63) is 29.5 Å². The molecule has 0 bridgehead atoms. The van der Waals surface area contributed by atoms with Gasteiger partial charge < -0.3 is 25.7 Å². The summed E-state index contributed by atoms with van der Waals surface area (Å²) in [5, 5.41) is 0. The Hall–Kier alpha value is -2.77. The fourth-order valence-corrected chi connectivity index (χ4v) is 2.11. The Bertz CT molecular complexity index is 657. The van der Waals surface area contributed by atoms with Crippen molar-refractivity contribution in [1.29, 1.82) is 0 Å². The van der Waals surface area contributed by atoms with Gasteiger partial charge in [0.25, 0.3) is 0 Å². The van der Waals surface area contributed by atoms with Crippen LogP contribution in [0.5, 0.6) is 17.2 Å². The fraction of sp³-hybridized carbons (Fsp3) is 0.333. The SMILES string of the molecule is COc1cc(Cc2cnc(N)nc2N)cc(OC)c1OCC[18F]. The first-order chi connectivity index (χ1) is 11.1. The van der Waals surface area contributed by atoms with Gasteiger partial charge >= 0.3 is 0 Å². The molecule has 0 saturated carbocycles. The van der Waals surface area contributed by atoms with Gasteiger partial charge in [-0.1, -0.05) is 0 Å². The zero-order chi connectivity index (χ0) is 16.8. The van der Waals surface area contributed by atoms with Gasteiger partial charge in [0.05, 0.1) is 14.2 Å². The van der Waals surface area contributed by atoms with Gasteiger partial charge in [0.15, 0.2) is 11.5 Å². The molecule has 23 heavy (non-hydrogen) atoms. The maximum atomic E-state index is 12.3. The molecule has 0 radical (unpaired) electrons. The van der Waals surface area contributed by atoms with Gasteiger partial charge in [-0.3, -0.25) is 0 Å². The number of aromatic nitrogens is 2. The highest BCUT2D eigenvalue weighted by Crippen LogP contribution is 2.39. The number of hydrogen-bond acceptors (Lipinski definition) is 7. The van der Waals surface area contributed by atoms with E-state index < -0.39 is 6.67 Å². The molecule has 8 heteroatoms. The summed E-state index contributed by atoms with van der Waals surface area (Å²) in [5.74, 6) is 1.69. The summed E-state index contributed by atoms with van der Waals surface area (Å²) in [6, 6.07) is 3.54. The second-order valence-electron chi connectivity index (χ2n) is 4.68. The van der Waals surface area contributed by atoms with Crippen LogP contribution in [0.3, 0.4) is 0 Å². The normalized spacial score (nSPS) is 10.4. The Labute approximate surface area is 133 Å². The lowest BCUT2D eigenvalue weighted by Crippen LogP contribution is -2.06. The van der Waals surface area contributed by atoms with Crippen LogP contribution in [0, 0.1) is 0 Å². The lowest BCUT2D eigenvalue weighted by molar-refractivity contribution is 0.247. The number of hydrogen-bond donors (Lipinski definition) is 2. The lowest BCUT2D eigenvalue weighted by Gasteiger charge is -2.15. The second-order valence-corrected chi connectivity index (χ2v) is 4.68. The summed E-state index contributed by atoms with van der Waals surface area (Å²) >= 11 is 0. The standard InChI is InChI=1S/C15H19FN4O3/c1-21-11-6-9(5-10-8-19-15(18)20-14(10)17)7-12(22-2)13(11)23-4-3-16/h6-8H,3-5H2,1-2H3,(H4,17,18,19,20)/i16-1. The molecule has 0 saturated heterocycles. The van der Waals surface area contributed by atoms with Crippen LogP contribution < -0.4 is 25.7 Å². The Morgan fingerprint density at radius 3 is 2.30 bits per heavy atom. The van der Waals surface area contributed by atoms with E-state index in [4.69, 9.17) is 25.7 Å². The van der Waals surface area contributed by atoms with E-state index in [-0.39, 0.29) is 12.6 Å². The molecule has 0 amide bonds. The average Bonchev–Trinajstić information content (AvgIpc) is 2.55. The van der Waals surface area contributed by atoms with Crippen LogP contribution >= 0.6 is 0 Å². The van der Waals surface area contributed by atoms with Crippen molar-refractivity contribution < 1.29 is 18.6 Å². The third-order valence-electron chi connectivity index (χ3n) is 3.16. The number of nitrogens with zero attached hydrogens (tertiary/aromatic N) is 2. The van der Waals surface area contributed by atoms with Crippen molar-refractivity contribution in [1.82, 2.24) is 9.97 Å². The van der Waals surface area contributed by atoms with Gasteiger partial charge in [0.1, 0.15) is 19.1 Å². The van der Waals surface area contributed by atoms with Crippen molar-refractivity contribution in [2.24, 2.45) is 0 Å². The fourth-order valence-electron chi connectivity index (χ4n) is 2.11. The summed E-state index contributed by atoms with van der Waals surface area (Å²) < 4.78 is 28.3. The molecule has 1 aromatic heterocycles. The molecule has 7 nitrogen and oxygen atoms in total. The molecule has 0 atom stereocenters. The van der Waals surface area contributed by atoms with Crippen molar-refractivity contribution in [2.75, 3.05) is 39.0 Å². The molecule has 2 rings (SSSR count). The van der Waals surface area contributed by atoms with Crippen LogP contribution in [0.1, 0.15) is 11.1 Å². The van der Waals surface area contributed by atoms with Crippen LogP contribution in [0.4, 0.5) is 16.2 Å². The zero-order valence-electron chi connectivity index (χ0n) is 13.0. The van der Waals surface area contributed by atoms with E-state index in [9.17, 15) is 4.39 Å². The van der Waals surface area contributed by atoms with Crippen LogP contribution in [-0.4, -0.2) is 37.5 Å². The molecule has 1 aromatic carbocycles. The molecule has 0 aliphatic carbocycles. The molecule has 0 aliphatic heterocycles. The van der Waals surface area contributed by atoms with E-state index in [0.29, 0.717) is 29.5 Å². The number of nitrogen functional groups attached to an aromatic ring is 2. The molecule has 1 heterocycles. The largest absolute Gasteiger partial charge is 0.493 e. The number of alkyl halides is 1. The Balaban J connectivity index is 2.35. The lowest BCUT2D eigenvalue weighted by atomic mass is 10.1. The van der Waals surface area contributed by atoms with Crippen LogP contribution in [0.2, 0.25) is 0 Å². The predicted octanol–water partition coefficient (Wildman–Crippen LogP) is 1.60. The Kier molecular flexibility index (Phi) is 5.40. The van der Waals surface area contributed by atoms with E-state index in [2.05, 4.69) is 9.97 Å². The Morgan fingerprint density at radius 1 is 1.13 bits per heavy atom. The van der Waals surface area contributed by atoms with Crippen molar-refractivity contribution >= 4 is 11.8 Å². The van der Waals surface area contributed by atoms with Crippen LogP contribution in [0.15, 0.2) is 18.3 Å². The highest BCUT2D eigenvalue weighted by Gasteiger charge is 2.15. The molecular formula is C15H19FN4O3. The smallest absolute Gasteiger partial charge is 0.221 e. The molecule has 0 spiro atoms. The molecule has 2 aromatic rings. The average molecular weight is 321 g/mol. The first kappa shape index (κ1) is 16.6. The predicted molar refractivity (Wildman–Crippen MR) is 84.7 cm³/mol. The summed E-state index contributed by atoms with van der Waals surface area (Å²) in [6.45, 7) is -0.682.